The molecule has 4 heteroatoms. The van der Waals surface area contributed by atoms with Crippen molar-refractivity contribution in [2.45, 2.75) is 13.8 Å². The fourth-order valence-corrected chi connectivity index (χ4v) is 2.61. The predicted octanol–water partition coefficient (Wildman–Crippen LogP) is 4.63. The first kappa shape index (κ1) is 15.7. The van der Waals surface area contributed by atoms with Gasteiger partial charge in [-0.1, -0.05) is 24.3 Å². The van der Waals surface area contributed by atoms with Crippen LogP contribution in [-0.4, -0.2) is 4.98 Å². The van der Waals surface area contributed by atoms with Gasteiger partial charge in [0.2, 0.25) is 0 Å². The first-order valence-electron chi connectivity index (χ1n) is 7.54. The van der Waals surface area contributed by atoms with E-state index in [1.807, 2.05) is 32.0 Å². The summed E-state index contributed by atoms with van der Waals surface area (Å²) < 4.78 is 13.6. The summed E-state index contributed by atoms with van der Waals surface area (Å²) in [5.41, 5.74) is 11.3. The smallest absolute Gasteiger partial charge is 0.142 e. The number of rotatable bonds is 2. The molecule has 1 heterocycles. The van der Waals surface area contributed by atoms with Gasteiger partial charge in [-0.3, -0.25) is 0 Å². The Hall–Kier alpha value is -3.19. The Morgan fingerprint density at radius 3 is 2.46 bits per heavy atom. The molecular formula is C20H16FN3. The number of nitriles is 1. The highest BCUT2D eigenvalue weighted by Gasteiger charge is 2.14. The Morgan fingerprint density at radius 2 is 1.79 bits per heavy atom. The van der Waals surface area contributed by atoms with Crippen molar-refractivity contribution in [1.82, 2.24) is 4.98 Å². The van der Waals surface area contributed by atoms with Crippen molar-refractivity contribution in [3.8, 4) is 28.5 Å². The lowest BCUT2D eigenvalue weighted by molar-refractivity contribution is 0.628. The first-order chi connectivity index (χ1) is 11.5. The number of nitrogens with zero attached hydrogens (tertiary/aromatic N) is 2. The second-order valence-electron chi connectivity index (χ2n) is 5.74. The van der Waals surface area contributed by atoms with Gasteiger partial charge in [0, 0.05) is 11.1 Å². The fraction of sp³-hybridized carbons (Fsp3) is 0.100. The van der Waals surface area contributed by atoms with Gasteiger partial charge < -0.3 is 5.73 Å². The van der Waals surface area contributed by atoms with Gasteiger partial charge in [0.25, 0.3) is 0 Å². The lowest BCUT2D eigenvalue weighted by Crippen LogP contribution is -2.00. The largest absolute Gasteiger partial charge is 0.383 e. The number of nitrogens with two attached hydrogens (primary N) is 1. The number of hydrogen-bond donors (Lipinski definition) is 1. The molecule has 0 aliphatic rings. The van der Waals surface area contributed by atoms with Crippen LogP contribution in [0.15, 0.2) is 48.5 Å². The van der Waals surface area contributed by atoms with Crippen LogP contribution in [0.2, 0.25) is 0 Å². The van der Waals surface area contributed by atoms with E-state index in [-0.39, 0.29) is 17.2 Å². The summed E-state index contributed by atoms with van der Waals surface area (Å²) in [6.45, 7) is 4.07. The number of aryl methyl sites for hydroxylation is 2. The maximum Gasteiger partial charge on any atom is 0.142 e. The minimum absolute atomic E-state index is 0.146. The van der Waals surface area contributed by atoms with E-state index in [1.54, 1.807) is 18.2 Å². The van der Waals surface area contributed by atoms with Gasteiger partial charge >= 0.3 is 0 Å². The molecule has 0 amide bonds. The molecule has 0 saturated carbocycles. The van der Waals surface area contributed by atoms with E-state index >= 15 is 0 Å². The molecule has 3 aromatic rings. The molecule has 2 N–H and O–H groups in total. The molecule has 118 valence electrons. The van der Waals surface area contributed by atoms with Crippen LogP contribution in [0, 0.1) is 31.0 Å². The van der Waals surface area contributed by atoms with Crippen LogP contribution in [0.25, 0.3) is 22.4 Å². The molecule has 0 saturated heterocycles. The molecule has 2 aromatic carbocycles. The minimum atomic E-state index is -0.362. The number of halogens is 1. The third-order valence-corrected chi connectivity index (χ3v) is 4.10. The highest BCUT2D eigenvalue weighted by atomic mass is 19.1. The van der Waals surface area contributed by atoms with Crippen molar-refractivity contribution in [2.24, 2.45) is 0 Å². The summed E-state index contributed by atoms with van der Waals surface area (Å²) in [4.78, 5) is 4.36. The SMILES string of the molecule is Cc1ccc(-c2cc(-c3cccc(F)c3)c(C#N)c(N)n2)cc1C. The van der Waals surface area contributed by atoms with Gasteiger partial charge in [0.1, 0.15) is 23.3 Å². The number of aromatic nitrogens is 1. The highest BCUT2D eigenvalue weighted by molar-refractivity contribution is 5.80. The maximum absolute atomic E-state index is 13.6. The monoisotopic (exact) mass is 317 g/mol. The Morgan fingerprint density at radius 1 is 1.00 bits per heavy atom. The third-order valence-electron chi connectivity index (χ3n) is 4.10. The summed E-state index contributed by atoms with van der Waals surface area (Å²) in [7, 11) is 0. The molecule has 0 unspecified atom stereocenters. The Kier molecular flexibility index (Phi) is 4.01. The van der Waals surface area contributed by atoms with Crippen LogP contribution < -0.4 is 5.73 Å². The van der Waals surface area contributed by atoms with Gasteiger partial charge in [0.15, 0.2) is 0 Å². The van der Waals surface area contributed by atoms with Crippen molar-refractivity contribution < 1.29 is 4.39 Å². The van der Waals surface area contributed by atoms with E-state index in [2.05, 4.69) is 11.1 Å². The van der Waals surface area contributed by atoms with Crippen LogP contribution in [0.1, 0.15) is 16.7 Å². The van der Waals surface area contributed by atoms with Crippen molar-refractivity contribution in [3.63, 3.8) is 0 Å². The third kappa shape index (κ3) is 2.84. The molecule has 0 fully saturated rings. The van der Waals surface area contributed by atoms with E-state index < -0.39 is 0 Å². The number of pyridine rings is 1. The molecule has 24 heavy (non-hydrogen) atoms. The zero-order valence-electron chi connectivity index (χ0n) is 13.5. The molecule has 0 aliphatic heterocycles. The quantitative estimate of drug-likeness (QED) is 0.750. The molecule has 0 bridgehead atoms. The van der Waals surface area contributed by atoms with Crippen molar-refractivity contribution in [1.29, 1.82) is 5.26 Å². The Bertz CT molecular complexity index is 971. The molecule has 1 aromatic heterocycles. The molecule has 0 spiro atoms. The van der Waals surface area contributed by atoms with E-state index in [1.165, 1.54) is 17.7 Å². The molecule has 0 radical (unpaired) electrons. The first-order valence-corrected chi connectivity index (χ1v) is 7.54. The van der Waals surface area contributed by atoms with Crippen molar-refractivity contribution >= 4 is 5.82 Å². The second kappa shape index (κ2) is 6.13. The second-order valence-corrected chi connectivity index (χ2v) is 5.74. The summed E-state index contributed by atoms with van der Waals surface area (Å²) in [5, 5.41) is 9.41. The van der Waals surface area contributed by atoms with E-state index in [9.17, 15) is 9.65 Å². The molecular weight excluding hydrogens is 301 g/mol. The lowest BCUT2D eigenvalue weighted by atomic mass is 9.97. The van der Waals surface area contributed by atoms with Crippen LogP contribution in [0.5, 0.6) is 0 Å². The Balaban J connectivity index is 2.24. The standard InChI is InChI=1S/C20H16FN3/c1-12-6-7-15(8-13(12)2)19-10-17(18(11-22)20(23)24-19)14-4-3-5-16(21)9-14/h3-10H,1-2H3,(H2,23,24). The van der Waals surface area contributed by atoms with Gasteiger partial charge in [-0.15, -0.1) is 0 Å². The minimum Gasteiger partial charge on any atom is -0.383 e. The number of anilines is 1. The van der Waals surface area contributed by atoms with Crippen molar-refractivity contribution in [3.05, 3.63) is 71.0 Å². The van der Waals surface area contributed by atoms with Crippen molar-refractivity contribution in [2.75, 3.05) is 5.73 Å². The zero-order chi connectivity index (χ0) is 17.3. The maximum atomic E-state index is 13.6. The topological polar surface area (TPSA) is 62.7 Å². The predicted molar refractivity (Wildman–Crippen MR) is 93.7 cm³/mol. The molecule has 0 aliphatic carbocycles. The van der Waals surface area contributed by atoms with Crippen LogP contribution in [-0.2, 0) is 0 Å². The van der Waals surface area contributed by atoms with Gasteiger partial charge in [-0.25, -0.2) is 9.37 Å². The van der Waals surface area contributed by atoms with Gasteiger partial charge in [-0.05, 0) is 54.8 Å². The average Bonchev–Trinajstić information content (AvgIpc) is 2.56. The van der Waals surface area contributed by atoms with Gasteiger partial charge in [-0.2, -0.15) is 5.26 Å². The normalized spacial score (nSPS) is 10.4. The molecule has 3 nitrogen and oxygen atoms in total. The molecule has 0 atom stereocenters. The van der Waals surface area contributed by atoms with Gasteiger partial charge in [0.05, 0.1) is 5.69 Å². The zero-order valence-corrected chi connectivity index (χ0v) is 13.5. The Labute approximate surface area is 140 Å². The fourth-order valence-electron chi connectivity index (χ4n) is 2.61. The summed E-state index contributed by atoms with van der Waals surface area (Å²) in [6, 6.07) is 16.0. The highest BCUT2D eigenvalue weighted by Crippen LogP contribution is 2.32. The van der Waals surface area contributed by atoms with Crippen LogP contribution >= 0.6 is 0 Å². The summed E-state index contributed by atoms with van der Waals surface area (Å²) in [6.07, 6.45) is 0. The summed E-state index contributed by atoms with van der Waals surface area (Å²) >= 11 is 0. The summed E-state index contributed by atoms with van der Waals surface area (Å²) in [5.74, 6) is -0.216. The van der Waals surface area contributed by atoms with Crippen LogP contribution in [0.4, 0.5) is 10.2 Å². The number of nitrogen functional groups attached to an aromatic ring is 1. The van der Waals surface area contributed by atoms with E-state index in [4.69, 9.17) is 5.73 Å². The number of benzene rings is 2. The average molecular weight is 317 g/mol. The van der Waals surface area contributed by atoms with E-state index in [0.717, 1.165) is 11.1 Å². The lowest BCUT2D eigenvalue weighted by Gasteiger charge is -2.11. The number of hydrogen-bond acceptors (Lipinski definition) is 3. The van der Waals surface area contributed by atoms with E-state index in [0.29, 0.717) is 16.8 Å². The van der Waals surface area contributed by atoms with Crippen LogP contribution in [0.3, 0.4) is 0 Å². The molecule has 3 rings (SSSR count).